The van der Waals surface area contributed by atoms with Gasteiger partial charge in [0.2, 0.25) is 0 Å². The fourth-order valence-electron chi connectivity index (χ4n) is 3.14. The molecule has 1 spiro atoms. The number of nitrogens with zero attached hydrogens (tertiary/aromatic N) is 1. The minimum Gasteiger partial charge on any atom is -0.484 e. The van der Waals surface area contributed by atoms with Crippen molar-refractivity contribution in [3.63, 3.8) is 0 Å². The lowest BCUT2D eigenvalue weighted by atomic mass is 9.77. The quantitative estimate of drug-likeness (QED) is 0.820. The second-order valence-corrected chi connectivity index (χ2v) is 6.47. The molecule has 2 N–H and O–H groups in total. The van der Waals surface area contributed by atoms with Crippen molar-refractivity contribution >= 4 is 17.8 Å². The van der Waals surface area contributed by atoms with Gasteiger partial charge in [0.25, 0.3) is 11.8 Å². The highest BCUT2D eigenvalue weighted by Crippen LogP contribution is 2.35. The Bertz CT molecular complexity index is 638. The van der Waals surface area contributed by atoms with Gasteiger partial charge in [-0.05, 0) is 43.7 Å². The fraction of sp³-hybridized carbons (Fsp3) is 0.471. The van der Waals surface area contributed by atoms with Crippen molar-refractivity contribution in [3.8, 4) is 5.75 Å². The van der Waals surface area contributed by atoms with Crippen molar-refractivity contribution in [2.24, 2.45) is 5.92 Å². The zero-order chi connectivity index (χ0) is 17.2. The number of urea groups is 1. The largest absolute Gasteiger partial charge is 0.484 e. The molecule has 0 atom stereocenters. The predicted octanol–water partition coefficient (Wildman–Crippen LogP) is 1.60. The van der Waals surface area contributed by atoms with Crippen molar-refractivity contribution in [1.29, 1.82) is 0 Å². The first kappa shape index (κ1) is 16.3. The molecule has 1 aliphatic heterocycles. The summed E-state index contributed by atoms with van der Waals surface area (Å²) in [5.41, 5.74) is 1.48. The maximum absolute atomic E-state index is 12.6. The van der Waals surface area contributed by atoms with Crippen LogP contribution in [0.15, 0.2) is 30.3 Å². The monoisotopic (exact) mass is 331 g/mol. The molecule has 24 heavy (non-hydrogen) atoms. The van der Waals surface area contributed by atoms with Crippen molar-refractivity contribution in [1.82, 2.24) is 15.8 Å². The highest BCUT2D eigenvalue weighted by atomic mass is 16.5. The molecule has 4 amide bonds. The third-order valence-electron chi connectivity index (χ3n) is 4.64. The summed E-state index contributed by atoms with van der Waals surface area (Å²) in [6.45, 7) is 1.86. The first-order valence-electron chi connectivity index (χ1n) is 8.14. The van der Waals surface area contributed by atoms with Gasteiger partial charge in [0, 0.05) is 0 Å². The van der Waals surface area contributed by atoms with Gasteiger partial charge >= 0.3 is 6.03 Å². The van der Waals surface area contributed by atoms with Gasteiger partial charge in [-0.2, -0.15) is 5.01 Å². The first-order valence-corrected chi connectivity index (χ1v) is 8.14. The average Bonchev–Trinajstić information content (AvgIpc) is 2.81. The summed E-state index contributed by atoms with van der Waals surface area (Å²) in [7, 11) is 0. The second kappa shape index (κ2) is 6.51. The van der Waals surface area contributed by atoms with E-state index in [1.165, 1.54) is 0 Å². The van der Waals surface area contributed by atoms with Gasteiger partial charge in [-0.1, -0.05) is 25.1 Å². The van der Waals surface area contributed by atoms with Crippen molar-refractivity contribution < 1.29 is 19.1 Å². The third-order valence-corrected chi connectivity index (χ3v) is 4.64. The van der Waals surface area contributed by atoms with Crippen LogP contribution in [-0.2, 0) is 9.59 Å². The summed E-state index contributed by atoms with van der Waals surface area (Å²) in [6, 6.07) is 8.28. The van der Waals surface area contributed by atoms with Crippen LogP contribution in [0.2, 0.25) is 0 Å². The molecule has 128 valence electrons. The SMILES string of the molecule is CC1CCC2(CC1)NC(=O)N(NC(=O)COc1ccccc1)C2=O. The van der Waals surface area contributed by atoms with Crippen molar-refractivity contribution in [3.05, 3.63) is 30.3 Å². The van der Waals surface area contributed by atoms with E-state index < -0.39 is 17.5 Å². The van der Waals surface area contributed by atoms with E-state index in [-0.39, 0.29) is 12.5 Å². The second-order valence-electron chi connectivity index (χ2n) is 6.47. The Labute approximate surface area is 140 Å². The minimum atomic E-state index is -0.864. The van der Waals surface area contributed by atoms with E-state index in [0.717, 1.165) is 17.9 Å². The lowest BCUT2D eigenvalue weighted by molar-refractivity contribution is -0.140. The van der Waals surface area contributed by atoms with E-state index in [9.17, 15) is 14.4 Å². The molecule has 7 heteroatoms. The molecule has 1 heterocycles. The molecule has 0 unspecified atom stereocenters. The standard InChI is InChI=1S/C17H21N3O4/c1-12-7-9-17(10-8-12)15(22)20(16(23)18-17)19-14(21)11-24-13-5-3-2-4-6-13/h2-6,12H,7-11H2,1H3,(H,18,23)(H,19,21). The smallest absolute Gasteiger partial charge is 0.344 e. The van der Waals surface area contributed by atoms with Gasteiger partial charge in [0.05, 0.1) is 0 Å². The van der Waals surface area contributed by atoms with E-state index in [1.54, 1.807) is 24.3 Å². The van der Waals surface area contributed by atoms with Crippen LogP contribution in [0.5, 0.6) is 5.75 Å². The molecule has 0 aromatic heterocycles. The van der Waals surface area contributed by atoms with Crippen LogP contribution in [0.3, 0.4) is 0 Å². The van der Waals surface area contributed by atoms with Gasteiger partial charge in [-0.25, -0.2) is 4.79 Å². The number of para-hydroxylation sites is 1. The normalized spacial score (nSPS) is 26.4. The molecule has 1 saturated carbocycles. The van der Waals surface area contributed by atoms with Crippen LogP contribution >= 0.6 is 0 Å². The third kappa shape index (κ3) is 3.20. The van der Waals surface area contributed by atoms with E-state index in [1.807, 2.05) is 6.07 Å². The van der Waals surface area contributed by atoms with Crippen LogP contribution in [0.1, 0.15) is 32.6 Å². The van der Waals surface area contributed by atoms with Gasteiger partial charge in [-0.15, -0.1) is 0 Å². The van der Waals surface area contributed by atoms with Crippen LogP contribution in [0, 0.1) is 5.92 Å². The molecule has 0 bridgehead atoms. The van der Waals surface area contributed by atoms with Crippen LogP contribution in [0.4, 0.5) is 4.79 Å². The van der Waals surface area contributed by atoms with E-state index in [4.69, 9.17) is 4.74 Å². The molecular weight excluding hydrogens is 310 g/mol. The maximum Gasteiger partial charge on any atom is 0.344 e. The van der Waals surface area contributed by atoms with Crippen LogP contribution in [0.25, 0.3) is 0 Å². The highest BCUT2D eigenvalue weighted by molar-refractivity contribution is 6.08. The summed E-state index contributed by atoms with van der Waals surface area (Å²) < 4.78 is 5.32. The Kier molecular flexibility index (Phi) is 4.42. The van der Waals surface area contributed by atoms with Gasteiger partial charge < -0.3 is 10.1 Å². The zero-order valence-electron chi connectivity index (χ0n) is 13.6. The molecule has 1 aromatic carbocycles. The zero-order valence-corrected chi connectivity index (χ0v) is 13.6. The number of hydrogen-bond donors (Lipinski definition) is 2. The summed E-state index contributed by atoms with van der Waals surface area (Å²) in [4.78, 5) is 36.7. The van der Waals surface area contributed by atoms with Crippen LogP contribution in [-0.4, -0.2) is 35.0 Å². The van der Waals surface area contributed by atoms with Crippen LogP contribution < -0.4 is 15.5 Å². The Morgan fingerprint density at radius 2 is 1.96 bits per heavy atom. The summed E-state index contributed by atoms with van der Waals surface area (Å²) in [6.07, 6.45) is 2.97. The molecule has 1 aliphatic carbocycles. The number of nitrogens with one attached hydrogen (secondary N) is 2. The lowest BCUT2D eigenvalue weighted by Gasteiger charge is -2.33. The highest BCUT2D eigenvalue weighted by Gasteiger charge is 2.52. The predicted molar refractivity (Wildman–Crippen MR) is 85.8 cm³/mol. The number of rotatable bonds is 4. The Morgan fingerprint density at radius 1 is 1.29 bits per heavy atom. The van der Waals surface area contributed by atoms with Gasteiger partial charge in [-0.3, -0.25) is 15.0 Å². The van der Waals surface area contributed by atoms with Crippen molar-refractivity contribution in [2.45, 2.75) is 38.1 Å². The maximum atomic E-state index is 12.6. The van der Waals surface area contributed by atoms with Gasteiger partial charge in [0.1, 0.15) is 11.3 Å². The number of imide groups is 1. The number of ether oxygens (including phenoxy) is 1. The lowest BCUT2D eigenvalue weighted by Crippen LogP contribution is -2.52. The number of benzene rings is 1. The van der Waals surface area contributed by atoms with E-state index in [2.05, 4.69) is 17.7 Å². The van der Waals surface area contributed by atoms with Gasteiger partial charge in [0.15, 0.2) is 6.61 Å². The molecule has 0 radical (unpaired) electrons. The number of hydrazine groups is 1. The summed E-state index contributed by atoms with van der Waals surface area (Å²) in [5, 5.41) is 3.54. The molecule has 3 rings (SSSR count). The summed E-state index contributed by atoms with van der Waals surface area (Å²) >= 11 is 0. The molecule has 1 saturated heterocycles. The summed E-state index contributed by atoms with van der Waals surface area (Å²) in [5.74, 6) is 0.155. The minimum absolute atomic E-state index is 0.273. The number of carbonyl (C=O) groups excluding carboxylic acids is 3. The molecule has 2 fully saturated rings. The first-order chi connectivity index (χ1) is 11.5. The molecule has 7 nitrogen and oxygen atoms in total. The number of hydrogen-bond acceptors (Lipinski definition) is 4. The Hall–Kier alpha value is -2.57. The topological polar surface area (TPSA) is 87.7 Å². The van der Waals surface area contributed by atoms with E-state index >= 15 is 0 Å². The fourth-order valence-corrected chi connectivity index (χ4v) is 3.14. The van der Waals surface area contributed by atoms with Crippen molar-refractivity contribution in [2.75, 3.05) is 6.61 Å². The average molecular weight is 331 g/mol. The Morgan fingerprint density at radius 3 is 2.62 bits per heavy atom. The molecule has 1 aromatic rings. The molecule has 2 aliphatic rings. The van der Waals surface area contributed by atoms with E-state index in [0.29, 0.717) is 24.5 Å². The molecular formula is C17H21N3O4. The number of amides is 4. The number of carbonyl (C=O) groups is 3. The Balaban J connectivity index is 1.57.